The zero-order valence-corrected chi connectivity index (χ0v) is 19.2. The maximum atomic E-state index is 12.6. The Bertz CT molecular complexity index is 1280. The van der Waals surface area contributed by atoms with Crippen LogP contribution in [-0.2, 0) is 13.0 Å². The summed E-state index contributed by atoms with van der Waals surface area (Å²) in [5.41, 5.74) is 6.54. The van der Waals surface area contributed by atoms with Crippen molar-refractivity contribution >= 4 is 6.09 Å². The van der Waals surface area contributed by atoms with E-state index in [-0.39, 0.29) is 0 Å². The molecule has 0 spiro atoms. The van der Waals surface area contributed by atoms with Gasteiger partial charge in [-0.3, -0.25) is 4.98 Å². The molecule has 8 nitrogen and oxygen atoms in total. The molecule has 0 unspecified atom stereocenters. The Kier molecular flexibility index (Phi) is 6.44. The second-order valence-corrected chi connectivity index (χ2v) is 7.88. The van der Waals surface area contributed by atoms with Crippen molar-refractivity contribution in [2.45, 2.75) is 40.7 Å². The largest absolute Gasteiger partial charge is 0.412 e. The molecule has 0 atom stereocenters. The fourth-order valence-corrected chi connectivity index (χ4v) is 3.52. The maximum absolute atomic E-state index is 12.6. The van der Waals surface area contributed by atoms with Gasteiger partial charge < -0.3 is 10.1 Å². The number of nitrogens with zero attached hydrogens (tertiary/aromatic N) is 5. The molecule has 0 saturated carbocycles. The summed E-state index contributed by atoms with van der Waals surface area (Å²) in [4.78, 5) is 17.0. The lowest BCUT2D eigenvalue weighted by atomic mass is 10.0. The van der Waals surface area contributed by atoms with Crippen LogP contribution in [0.15, 0.2) is 54.6 Å². The van der Waals surface area contributed by atoms with E-state index in [0.29, 0.717) is 24.5 Å². The van der Waals surface area contributed by atoms with E-state index in [4.69, 9.17) is 4.74 Å². The van der Waals surface area contributed by atoms with Crippen molar-refractivity contribution in [2.24, 2.45) is 0 Å². The van der Waals surface area contributed by atoms with Gasteiger partial charge in [-0.25, -0.2) is 4.79 Å². The normalized spacial score (nSPS) is 10.8. The minimum Gasteiger partial charge on any atom is -0.410 e. The molecule has 0 aliphatic carbocycles. The highest BCUT2D eigenvalue weighted by Gasteiger charge is 2.13. The average molecular weight is 443 g/mol. The fraction of sp³-hybridized carbons (Fsp3) is 0.240. The SMILES string of the molecule is CCc1nnnn1-c1cc(OC(=O)NCc2ccc(C)nc2C)cc(-c2ccc(C)cc2)c1. The topological polar surface area (TPSA) is 94.8 Å². The molecule has 33 heavy (non-hydrogen) atoms. The second kappa shape index (κ2) is 9.60. The molecule has 4 rings (SSSR count). The van der Waals surface area contributed by atoms with E-state index in [1.165, 1.54) is 5.56 Å². The van der Waals surface area contributed by atoms with Gasteiger partial charge in [0.25, 0.3) is 0 Å². The Balaban J connectivity index is 1.61. The van der Waals surface area contributed by atoms with Crippen molar-refractivity contribution in [3.05, 3.63) is 82.9 Å². The molecule has 0 fully saturated rings. The lowest BCUT2D eigenvalue weighted by Gasteiger charge is -2.12. The van der Waals surface area contributed by atoms with Crippen LogP contribution in [0.3, 0.4) is 0 Å². The third kappa shape index (κ3) is 5.23. The summed E-state index contributed by atoms with van der Waals surface area (Å²) >= 11 is 0. The van der Waals surface area contributed by atoms with E-state index in [1.54, 1.807) is 10.7 Å². The predicted molar refractivity (Wildman–Crippen MR) is 125 cm³/mol. The minimum atomic E-state index is -0.547. The van der Waals surface area contributed by atoms with Crippen LogP contribution in [0.5, 0.6) is 5.75 Å². The molecule has 1 N–H and O–H groups in total. The van der Waals surface area contributed by atoms with Crippen LogP contribution in [0, 0.1) is 20.8 Å². The molecule has 168 valence electrons. The average Bonchev–Trinajstić information content (AvgIpc) is 3.28. The number of aromatic nitrogens is 5. The van der Waals surface area contributed by atoms with Crippen molar-refractivity contribution in [1.29, 1.82) is 0 Å². The third-order valence-corrected chi connectivity index (χ3v) is 5.34. The first kappa shape index (κ1) is 22.1. The number of amides is 1. The van der Waals surface area contributed by atoms with Crippen LogP contribution < -0.4 is 10.1 Å². The molecule has 0 radical (unpaired) electrons. The lowest BCUT2D eigenvalue weighted by molar-refractivity contribution is 0.200. The van der Waals surface area contributed by atoms with Crippen molar-refractivity contribution in [3.63, 3.8) is 0 Å². The highest BCUT2D eigenvalue weighted by Crippen LogP contribution is 2.28. The number of aryl methyl sites for hydroxylation is 4. The number of carbonyl (C=O) groups excluding carboxylic acids is 1. The van der Waals surface area contributed by atoms with Gasteiger partial charge in [0.1, 0.15) is 5.75 Å². The van der Waals surface area contributed by atoms with Crippen LogP contribution in [0.4, 0.5) is 4.79 Å². The lowest BCUT2D eigenvalue weighted by Crippen LogP contribution is -2.26. The van der Waals surface area contributed by atoms with Gasteiger partial charge in [-0.2, -0.15) is 4.68 Å². The molecular weight excluding hydrogens is 416 g/mol. The number of hydrogen-bond acceptors (Lipinski definition) is 6. The van der Waals surface area contributed by atoms with Gasteiger partial charge in [-0.1, -0.05) is 42.8 Å². The van der Waals surface area contributed by atoms with E-state index in [1.807, 2.05) is 76.2 Å². The van der Waals surface area contributed by atoms with E-state index in [9.17, 15) is 4.79 Å². The standard InChI is InChI=1S/C25H26N6O2/c1-5-24-28-29-30-31(24)22-12-21(19-9-6-16(2)7-10-19)13-23(14-22)33-25(32)26-15-20-11-8-17(3)27-18(20)4/h6-14H,5,15H2,1-4H3,(H,26,32). The Labute approximate surface area is 192 Å². The van der Waals surface area contributed by atoms with Crippen molar-refractivity contribution in [2.75, 3.05) is 0 Å². The van der Waals surface area contributed by atoms with Crippen molar-refractivity contribution in [3.8, 4) is 22.6 Å². The van der Waals surface area contributed by atoms with Crippen LogP contribution in [0.1, 0.15) is 35.3 Å². The first-order chi connectivity index (χ1) is 15.9. The molecule has 0 aliphatic rings. The molecule has 2 heterocycles. The van der Waals surface area contributed by atoms with Crippen LogP contribution >= 0.6 is 0 Å². The Hall–Kier alpha value is -4.07. The Morgan fingerprint density at radius 3 is 2.52 bits per heavy atom. The molecule has 0 saturated heterocycles. The Morgan fingerprint density at radius 1 is 1.00 bits per heavy atom. The molecule has 1 amide bonds. The summed E-state index contributed by atoms with van der Waals surface area (Å²) < 4.78 is 7.30. The molecule has 8 heteroatoms. The monoisotopic (exact) mass is 442 g/mol. The van der Waals surface area contributed by atoms with Gasteiger partial charge in [-0.05, 0) is 66.1 Å². The number of benzene rings is 2. The van der Waals surface area contributed by atoms with Crippen LogP contribution in [-0.4, -0.2) is 31.3 Å². The van der Waals surface area contributed by atoms with E-state index < -0.39 is 6.09 Å². The van der Waals surface area contributed by atoms with Crippen LogP contribution in [0.25, 0.3) is 16.8 Å². The number of tetrazole rings is 1. The van der Waals surface area contributed by atoms with E-state index in [0.717, 1.165) is 33.8 Å². The third-order valence-electron chi connectivity index (χ3n) is 5.34. The van der Waals surface area contributed by atoms with Crippen molar-refractivity contribution in [1.82, 2.24) is 30.5 Å². The number of nitrogens with one attached hydrogen (secondary N) is 1. The number of ether oxygens (including phenoxy) is 1. The van der Waals surface area contributed by atoms with E-state index in [2.05, 4.69) is 25.8 Å². The molecule has 0 bridgehead atoms. The van der Waals surface area contributed by atoms with Crippen LogP contribution in [0.2, 0.25) is 0 Å². The highest BCUT2D eigenvalue weighted by molar-refractivity contribution is 5.73. The van der Waals surface area contributed by atoms with Gasteiger partial charge in [0.2, 0.25) is 0 Å². The van der Waals surface area contributed by atoms with Gasteiger partial charge in [0.05, 0.1) is 5.69 Å². The maximum Gasteiger partial charge on any atom is 0.412 e. The smallest absolute Gasteiger partial charge is 0.410 e. The zero-order chi connectivity index (χ0) is 23.4. The van der Waals surface area contributed by atoms with Gasteiger partial charge in [-0.15, -0.1) is 5.10 Å². The summed E-state index contributed by atoms with van der Waals surface area (Å²) in [7, 11) is 0. The molecule has 2 aromatic heterocycles. The van der Waals surface area contributed by atoms with Gasteiger partial charge in [0, 0.05) is 30.4 Å². The number of rotatable bonds is 6. The summed E-state index contributed by atoms with van der Waals surface area (Å²) in [5.74, 6) is 1.12. The summed E-state index contributed by atoms with van der Waals surface area (Å²) in [6, 6.07) is 17.6. The molecule has 0 aliphatic heterocycles. The Morgan fingerprint density at radius 2 is 1.79 bits per heavy atom. The summed E-state index contributed by atoms with van der Waals surface area (Å²) in [5, 5.41) is 14.8. The van der Waals surface area contributed by atoms with Gasteiger partial charge >= 0.3 is 6.09 Å². The summed E-state index contributed by atoms with van der Waals surface area (Å²) in [6.45, 7) is 8.21. The zero-order valence-electron chi connectivity index (χ0n) is 19.2. The fourth-order valence-electron chi connectivity index (χ4n) is 3.52. The quantitative estimate of drug-likeness (QED) is 0.472. The molecule has 2 aromatic carbocycles. The first-order valence-corrected chi connectivity index (χ1v) is 10.8. The number of hydrogen-bond donors (Lipinski definition) is 1. The summed E-state index contributed by atoms with van der Waals surface area (Å²) in [6.07, 6.45) is 0.122. The first-order valence-electron chi connectivity index (χ1n) is 10.8. The molecular formula is C25H26N6O2. The number of pyridine rings is 1. The van der Waals surface area contributed by atoms with E-state index >= 15 is 0 Å². The van der Waals surface area contributed by atoms with Crippen molar-refractivity contribution < 1.29 is 9.53 Å². The number of carbonyl (C=O) groups is 1. The minimum absolute atomic E-state index is 0.329. The molecule has 4 aromatic rings. The highest BCUT2D eigenvalue weighted by atomic mass is 16.6. The van der Waals surface area contributed by atoms with Gasteiger partial charge in [0.15, 0.2) is 5.82 Å². The second-order valence-electron chi connectivity index (χ2n) is 7.88. The predicted octanol–water partition coefficient (Wildman–Crippen LogP) is 4.50.